The van der Waals surface area contributed by atoms with Gasteiger partial charge >= 0.3 is 0 Å². The molecule has 0 bridgehead atoms. The molecule has 3 heterocycles. The highest BCUT2D eigenvalue weighted by atomic mass is 32.2. The van der Waals surface area contributed by atoms with Gasteiger partial charge in [0.05, 0.1) is 46.8 Å². The molecule has 3 aliphatic rings. The van der Waals surface area contributed by atoms with Crippen molar-refractivity contribution >= 4 is 9.84 Å². The van der Waals surface area contributed by atoms with Crippen LogP contribution in [0.4, 0.5) is 0 Å². The first-order valence-corrected chi connectivity index (χ1v) is 17.4. The Balaban J connectivity index is 1.42. The second-order valence-electron chi connectivity index (χ2n) is 13.1. The molecule has 0 aliphatic carbocycles. The molecule has 11 atom stereocenters. The van der Waals surface area contributed by atoms with Crippen LogP contribution in [-0.4, -0.2) is 50.3 Å². The number of fused-ring (bicyclic) bond motifs is 1. The highest BCUT2D eigenvalue weighted by Crippen LogP contribution is 2.45. The predicted molar refractivity (Wildman–Crippen MR) is 162 cm³/mol. The van der Waals surface area contributed by atoms with Crippen molar-refractivity contribution in [2.75, 3.05) is 5.75 Å². The van der Waals surface area contributed by atoms with Gasteiger partial charge in [-0.2, -0.15) is 0 Å². The van der Waals surface area contributed by atoms with E-state index in [4.69, 9.17) is 15.6 Å². The Morgan fingerprint density at radius 3 is 2.50 bits per heavy atom. The maximum atomic E-state index is 13.4. The van der Waals surface area contributed by atoms with Crippen molar-refractivity contribution in [3.05, 3.63) is 42.5 Å². The van der Waals surface area contributed by atoms with E-state index in [0.717, 1.165) is 50.5 Å². The number of allylic oxidation sites excluding steroid dienone is 1. The maximum absolute atomic E-state index is 13.4. The Bertz CT molecular complexity index is 1110. The van der Waals surface area contributed by atoms with Gasteiger partial charge < -0.3 is 14.2 Å². The molecule has 1 aromatic carbocycles. The van der Waals surface area contributed by atoms with Crippen molar-refractivity contribution in [1.82, 2.24) is 0 Å². The minimum atomic E-state index is -3.47. The highest BCUT2D eigenvalue weighted by Gasteiger charge is 2.51. The molecule has 40 heavy (non-hydrogen) atoms. The average Bonchev–Trinajstić information content (AvgIpc) is 3.43. The molecule has 6 heteroatoms. The molecule has 0 aromatic heterocycles. The number of sulfone groups is 1. The van der Waals surface area contributed by atoms with Gasteiger partial charge in [0.1, 0.15) is 0 Å². The summed E-state index contributed by atoms with van der Waals surface area (Å²) in [5, 5.41) is 0. The van der Waals surface area contributed by atoms with Gasteiger partial charge in [-0.1, -0.05) is 71.4 Å². The zero-order valence-corrected chi connectivity index (χ0v) is 26.5. The predicted octanol–water partition coefficient (Wildman–Crippen LogP) is 7.78. The fraction of sp³-hybridized carbons (Fsp3) is 0.765. The second kappa shape index (κ2) is 13.4. The highest BCUT2D eigenvalue weighted by molar-refractivity contribution is 7.91. The summed E-state index contributed by atoms with van der Waals surface area (Å²) in [5.41, 5.74) is 0.711. The third-order valence-corrected chi connectivity index (χ3v) is 12.0. The first-order valence-electron chi connectivity index (χ1n) is 16.3. The summed E-state index contributed by atoms with van der Waals surface area (Å²) in [6.07, 6.45) is 6.98. The van der Waals surface area contributed by atoms with E-state index < -0.39 is 16.2 Å². The summed E-state index contributed by atoms with van der Waals surface area (Å²) < 4.78 is 55.5. The number of ether oxygens (including phenoxy) is 3. The van der Waals surface area contributed by atoms with Crippen molar-refractivity contribution in [3.63, 3.8) is 0 Å². The topological polar surface area (TPSA) is 61.8 Å². The minimum absolute atomic E-state index is 0.00801. The molecule has 226 valence electrons. The molecule has 1 unspecified atom stereocenters. The molecule has 0 radical (unpaired) electrons. The summed E-state index contributed by atoms with van der Waals surface area (Å²) >= 11 is 0. The standard InChI is InChI=1S/C34H54O5S/c1-8-23(3)19-32-27(7)30(22-40(35,36)29-13-11-10-12-14-29)31(38-32)17-15-24(4)25(5)20-28-16-18-33-34(9-2,39-28)21-26(6)37-33/h10-14,23,25-28,30-33H,4,8-9,15-22H2,1-3,5-7H3/t23-,25-,26+,27-,28?,30-,31+,32-,33+,34+/m1/s1/i15T/t15-,23+,25+,26-,27+,28?,30+,31-,32+,33-,34-/m0. The van der Waals surface area contributed by atoms with E-state index in [1.165, 1.54) is 0 Å². The van der Waals surface area contributed by atoms with E-state index in [0.29, 0.717) is 17.2 Å². The maximum Gasteiger partial charge on any atom is 0.178 e. The summed E-state index contributed by atoms with van der Waals surface area (Å²) in [5.74, 6) is 0.636. The van der Waals surface area contributed by atoms with Gasteiger partial charge in [-0.15, -0.1) is 0 Å². The third kappa shape index (κ3) is 7.22. The Hall–Kier alpha value is -1.21. The first kappa shape index (κ1) is 30.3. The molecule has 3 fully saturated rings. The fourth-order valence-corrected chi connectivity index (χ4v) is 9.04. The molecule has 0 saturated carbocycles. The quantitative estimate of drug-likeness (QED) is 0.224. The van der Waals surface area contributed by atoms with E-state index in [9.17, 15) is 8.42 Å². The van der Waals surface area contributed by atoms with Gasteiger partial charge in [0, 0.05) is 13.7 Å². The summed E-state index contributed by atoms with van der Waals surface area (Å²) in [4.78, 5) is 0.360. The summed E-state index contributed by atoms with van der Waals surface area (Å²) in [7, 11) is -3.47. The normalized spacial score (nSPS) is 37.0. The summed E-state index contributed by atoms with van der Waals surface area (Å²) in [6, 6.07) is 8.73. The minimum Gasteiger partial charge on any atom is -0.374 e. The lowest BCUT2D eigenvalue weighted by Gasteiger charge is -2.42. The smallest absolute Gasteiger partial charge is 0.178 e. The lowest BCUT2D eigenvalue weighted by molar-refractivity contribution is -0.170. The molecule has 5 nitrogen and oxygen atoms in total. The Morgan fingerprint density at radius 2 is 1.82 bits per heavy atom. The molecular weight excluding hydrogens is 520 g/mol. The molecular formula is C34H54O5S. The van der Waals surface area contributed by atoms with Crippen molar-refractivity contribution in [2.45, 2.75) is 140 Å². The van der Waals surface area contributed by atoms with E-state index in [2.05, 4.69) is 48.1 Å². The monoisotopic (exact) mass is 576 g/mol. The second-order valence-corrected chi connectivity index (χ2v) is 15.1. The molecule has 3 saturated heterocycles. The van der Waals surface area contributed by atoms with Crippen LogP contribution < -0.4 is 0 Å². The van der Waals surface area contributed by atoms with Crippen molar-refractivity contribution < 1.29 is 24.0 Å². The van der Waals surface area contributed by atoms with E-state index in [-0.39, 0.29) is 59.6 Å². The van der Waals surface area contributed by atoms with Crippen molar-refractivity contribution in [1.29, 1.82) is 0 Å². The molecule has 1 aromatic rings. The van der Waals surface area contributed by atoms with Gasteiger partial charge in [-0.3, -0.25) is 0 Å². The van der Waals surface area contributed by atoms with Gasteiger partial charge in [-0.25, -0.2) is 8.42 Å². The number of hydrogen-bond acceptors (Lipinski definition) is 5. The average molecular weight is 577 g/mol. The van der Waals surface area contributed by atoms with Crippen LogP contribution in [0.2, 0.25) is 0 Å². The molecule has 0 amide bonds. The van der Waals surface area contributed by atoms with E-state index >= 15 is 0 Å². The van der Waals surface area contributed by atoms with Gasteiger partial charge in [0.2, 0.25) is 0 Å². The van der Waals surface area contributed by atoms with Crippen LogP contribution in [0.1, 0.15) is 101 Å². The largest absolute Gasteiger partial charge is 0.374 e. The van der Waals surface area contributed by atoms with Crippen LogP contribution in [0.25, 0.3) is 0 Å². The molecule has 3 aliphatic heterocycles. The zero-order valence-electron chi connectivity index (χ0n) is 26.7. The number of hydrogen-bond donors (Lipinski definition) is 0. The van der Waals surface area contributed by atoms with Crippen LogP contribution in [0.5, 0.6) is 0 Å². The van der Waals surface area contributed by atoms with Crippen LogP contribution in [0.3, 0.4) is 0 Å². The van der Waals surface area contributed by atoms with Crippen molar-refractivity contribution in [2.24, 2.45) is 23.7 Å². The van der Waals surface area contributed by atoms with E-state index in [1.807, 2.05) is 6.07 Å². The molecule has 4 rings (SSSR count). The van der Waals surface area contributed by atoms with Crippen LogP contribution in [-0.2, 0) is 24.0 Å². The molecule has 0 N–H and O–H groups in total. The fourth-order valence-electron chi connectivity index (χ4n) is 7.25. The Labute approximate surface area is 245 Å². The first-order chi connectivity index (χ1) is 19.4. The van der Waals surface area contributed by atoms with Crippen LogP contribution in [0.15, 0.2) is 47.4 Å². The van der Waals surface area contributed by atoms with Crippen molar-refractivity contribution in [3.8, 4) is 0 Å². The van der Waals surface area contributed by atoms with Crippen LogP contribution in [0, 0.1) is 23.7 Å². The number of benzene rings is 1. The zero-order chi connectivity index (χ0) is 29.9. The van der Waals surface area contributed by atoms with Crippen LogP contribution >= 0.6 is 0 Å². The van der Waals surface area contributed by atoms with Gasteiger partial charge in [0.15, 0.2) is 9.84 Å². The lowest BCUT2D eigenvalue weighted by atomic mass is 9.81. The lowest BCUT2D eigenvalue weighted by Crippen LogP contribution is -2.48. The third-order valence-electron chi connectivity index (χ3n) is 10.2. The summed E-state index contributed by atoms with van der Waals surface area (Å²) in [6.45, 7) is 17.4. The van der Waals surface area contributed by atoms with Gasteiger partial charge in [0.25, 0.3) is 0 Å². The SMILES string of the molecule is [3H][C@@H](C[C@@H]1O[C@H](C[C@H](C)CC)[C@H](C)[C@H]1CS(=O)(=O)c1ccccc1)C(=C)[C@H](C)CC1CC[C@@H]2O[C@@H](C)C[C@]2(CC)O1. The Kier molecular flexibility index (Phi) is 10.1. The molecule has 0 spiro atoms. The Morgan fingerprint density at radius 1 is 1.10 bits per heavy atom. The van der Waals surface area contributed by atoms with Gasteiger partial charge in [-0.05, 0) is 81.7 Å². The number of rotatable bonds is 13. The van der Waals surface area contributed by atoms with E-state index in [1.54, 1.807) is 24.3 Å².